The highest BCUT2D eigenvalue weighted by molar-refractivity contribution is 7.99. The predicted molar refractivity (Wildman–Crippen MR) is 110 cm³/mol. The van der Waals surface area contributed by atoms with Gasteiger partial charge in [-0.25, -0.2) is 0 Å². The van der Waals surface area contributed by atoms with E-state index < -0.39 is 0 Å². The highest BCUT2D eigenvalue weighted by atomic mass is 32.2. The minimum Gasteiger partial charge on any atom is -0.372 e. The Bertz CT molecular complexity index is 586. The van der Waals surface area contributed by atoms with Crippen molar-refractivity contribution in [3.05, 3.63) is 29.8 Å². The number of benzene rings is 1. The molecule has 0 atom stereocenters. The second kappa shape index (κ2) is 8.66. The van der Waals surface area contributed by atoms with Crippen LogP contribution < -0.4 is 4.90 Å². The van der Waals surface area contributed by atoms with Crippen molar-refractivity contribution in [1.29, 1.82) is 0 Å². The van der Waals surface area contributed by atoms with E-state index in [9.17, 15) is 4.79 Å². The van der Waals surface area contributed by atoms with Crippen molar-refractivity contribution in [3.63, 3.8) is 0 Å². The van der Waals surface area contributed by atoms with Crippen LogP contribution in [0.5, 0.6) is 0 Å². The molecule has 0 radical (unpaired) electrons. The largest absolute Gasteiger partial charge is 0.372 e. The number of piperazine rings is 1. The van der Waals surface area contributed by atoms with Crippen molar-refractivity contribution < 1.29 is 4.79 Å². The highest BCUT2D eigenvalue weighted by Crippen LogP contribution is 2.24. The van der Waals surface area contributed by atoms with Crippen molar-refractivity contribution >= 4 is 23.4 Å². The molecule has 26 heavy (non-hydrogen) atoms. The van der Waals surface area contributed by atoms with Crippen molar-refractivity contribution in [3.8, 4) is 0 Å². The summed E-state index contributed by atoms with van der Waals surface area (Å²) in [6.07, 6.45) is 6.54. The van der Waals surface area contributed by atoms with Gasteiger partial charge in [-0.2, -0.15) is 11.8 Å². The molecule has 142 valence electrons. The Morgan fingerprint density at radius 3 is 2.15 bits per heavy atom. The molecule has 0 saturated carbocycles. The van der Waals surface area contributed by atoms with Gasteiger partial charge in [0.2, 0.25) is 0 Å². The molecule has 0 aliphatic carbocycles. The topological polar surface area (TPSA) is 26.8 Å². The van der Waals surface area contributed by atoms with Crippen LogP contribution in [0.1, 0.15) is 42.5 Å². The number of piperidine rings is 1. The van der Waals surface area contributed by atoms with Crippen molar-refractivity contribution in [1.82, 2.24) is 9.80 Å². The van der Waals surface area contributed by atoms with Gasteiger partial charge in [0.25, 0.3) is 5.91 Å². The number of anilines is 1. The van der Waals surface area contributed by atoms with Crippen LogP contribution in [0, 0.1) is 0 Å². The van der Waals surface area contributed by atoms with E-state index in [2.05, 4.69) is 33.7 Å². The third kappa shape index (κ3) is 4.20. The van der Waals surface area contributed by atoms with Crippen molar-refractivity contribution in [2.24, 2.45) is 0 Å². The first-order valence-electron chi connectivity index (χ1n) is 10.3. The lowest BCUT2D eigenvalue weighted by molar-refractivity contribution is 0.0559. The SMILES string of the molecule is O=C(c1ccc(N2CCCCC2)cc1)N1CCN(C2CCSCC2)CC1. The zero-order valence-electron chi connectivity index (χ0n) is 15.7. The smallest absolute Gasteiger partial charge is 0.253 e. The number of nitrogens with zero attached hydrogens (tertiary/aromatic N) is 3. The standard InChI is InChI=1S/C21H31N3OS/c25-21(18-4-6-19(7-5-18)22-10-2-1-3-11-22)24-14-12-23(13-15-24)20-8-16-26-17-9-20/h4-7,20H,1-3,8-17H2. The van der Waals surface area contributed by atoms with E-state index in [4.69, 9.17) is 0 Å². The van der Waals surface area contributed by atoms with Crippen molar-refractivity contribution in [2.75, 3.05) is 55.7 Å². The molecular formula is C21H31N3OS. The molecule has 0 bridgehead atoms. The van der Waals surface area contributed by atoms with Gasteiger partial charge in [-0.1, -0.05) is 0 Å². The quantitative estimate of drug-likeness (QED) is 0.812. The number of hydrogen-bond acceptors (Lipinski definition) is 4. The first kappa shape index (κ1) is 18.2. The molecule has 1 aromatic carbocycles. The van der Waals surface area contributed by atoms with Gasteiger partial charge in [0.15, 0.2) is 0 Å². The zero-order valence-corrected chi connectivity index (χ0v) is 16.6. The molecule has 3 fully saturated rings. The maximum atomic E-state index is 12.9. The Labute approximate surface area is 161 Å². The summed E-state index contributed by atoms with van der Waals surface area (Å²) in [5.41, 5.74) is 2.11. The fraction of sp³-hybridized carbons (Fsp3) is 0.667. The van der Waals surface area contributed by atoms with Crippen molar-refractivity contribution in [2.45, 2.75) is 38.1 Å². The molecule has 0 unspecified atom stereocenters. The van der Waals surface area contributed by atoms with Crippen LogP contribution in [0.25, 0.3) is 0 Å². The Morgan fingerprint density at radius 2 is 1.50 bits per heavy atom. The van der Waals surface area contributed by atoms with Crippen LogP contribution in [0.3, 0.4) is 0 Å². The summed E-state index contributed by atoms with van der Waals surface area (Å²) in [5.74, 6) is 2.80. The third-order valence-corrected chi connectivity index (χ3v) is 7.19. The second-order valence-electron chi connectivity index (χ2n) is 7.77. The van der Waals surface area contributed by atoms with E-state index in [0.717, 1.165) is 50.9 Å². The summed E-state index contributed by atoms with van der Waals surface area (Å²) in [5, 5.41) is 0. The van der Waals surface area contributed by atoms with E-state index in [1.807, 2.05) is 17.0 Å². The summed E-state index contributed by atoms with van der Waals surface area (Å²) in [6, 6.07) is 9.06. The third-order valence-electron chi connectivity index (χ3n) is 6.14. The summed E-state index contributed by atoms with van der Waals surface area (Å²) in [6.45, 7) is 6.11. The number of carbonyl (C=O) groups is 1. The van der Waals surface area contributed by atoms with Crippen LogP contribution in [-0.4, -0.2) is 72.5 Å². The Hall–Kier alpha value is -1.20. The Balaban J connectivity index is 1.31. The number of amides is 1. The zero-order chi connectivity index (χ0) is 17.8. The molecule has 0 aromatic heterocycles. The number of rotatable bonds is 3. The van der Waals surface area contributed by atoms with Crippen LogP contribution in [-0.2, 0) is 0 Å². The van der Waals surface area contributed by atoms with Crippen LogP contribution in [0.4, 0.5) is 5.69 Å². The maximum Gasteiger partial charge on any atom is 0.253 e. The summed E-state index contributed by atoms with van der Waals surface area (Å²) in [7, 11) is 0. The fourth-order valence-corrected chi connectivity index (χ4v) is 5.57. The lowest BCUT2D eigenvalue weighted by Gasteiger charge is -2.40. The maximum absolute atomic E-state index is 12.9. The summed E-state index contributed by atoms with van der Waals surface area (Å²) >= 11 is 2.08. The molecular weight excluding hydrogens is 342 g/mol. The molecule has 1 aromatic rings. The summed E-state index contributed by atoms with van der Waals surface area (Å²) in [4.78, 5) is 20.0. The van der Waals surface area contributed by atoms with E-state index in [1.54, 1.807) is 0 Å². The molecule has 3 aliphatic rings. The van der Waals surface area contributed by atoms with Gasteiger partial charge < -0.3 is 9.80 Å². The predicted octanol–water partition coefficient (Wildman–Crippen LogP) is 3.33. The second-order valence-corrected chi connectivity index (χ2v) is 8.99. The Morgan fingerprint density at radius 1 is 0.846 bits per heavy atom. The molecule has 3 aliphatic heterocycles. The lowest BCUT2D eigenvalue weighted by Crippen LogP contribution is -2.52. The van der Waals surface area contributed by atoms with Gasteiger partial charge >= 0.3 is 0 Å². The number of carbonyl (C=O) groups excluding carboxylic acids is 1. The average Bonchev–Trinajstić information content (AvgIpc) is 2.75. The van der Waals surface area contributed by atoms with Gasteiger partial charge in [-0.05, 0) is 67.9 Å². The summed E-state index contributed by atoms with van der Waals surface area (Å²) < 4.78 is 0. The monoisotopic (exact) mass is 373 g/mol. The molecule has 4 nitrogen and oxygen atoms in total. The Kier molecular flexibility index (Phi) is 6.05. The minimum atomic E-state index is 0.203. The number of hydrogen-bond donors (Lipinski definition) is 0. The van der Waals surface area contributed by atoms with E-state index >= 15 is 0 Å². The van der Waals surface area contributed by atoms with E-state index in [1.165, 1.54) is 49.3 Å². The molecule has 5 heteroatoms. The van der Waals surface area contributed by atoms with Crippen LogP contribution in [0.2, 0.25) is 0 Å². The fourth-order valence-electron chi connectivity index (χ4n) is 4.49. The highest BCUT2D eigenvalue weighted by Gasteiger charge is 2.27. The normalized spacial score (nSPS) is 23.2. The first-order chi connectivity index (χ1) is 12.8. The van der Waals surface area contributed by atoms with Gasteiger partial charge in [0, 0.05) is 56.6 Å². The van der Waals surface area contributed by atoms with Gasteiger partial charge in [0.05, 0.1) is 0 Å². The van der Waals surface area contributed by atoms with Gasteiger partial charge in [-0.3, -0.25) is 9.69 Å². The van der Waals surface area contributed by atoms with Crippen LogP contribution in [0.15, 0.2) is 24.3 Å². The number of thioether (sulfide) groups is 1. The van der Waals surface area contributed by atoms with E-state index in [-0.39, 0.29) is 5.91 Å². The lowest BCUT2D eigenvalue weighted by atomic mass is 10.1. The molecule has 4 rings (SSSR count). The van der Waals surface area contributed by atoms with E-state index in [0.29, 0.717) is 0 Å². The molecule has 1 amide bonds. The molecule has 3 heterocycles. The van der Waals surface area contributed by atoms with Crippen LogP contribution >= 0.6 is 11.8 Å². The van der Waals surface area contributed by atoms with Gasteiger partial charge in [-0.15, -0.1) is 0 Å². The van der Waals surface area contributed by atoms with Gasteiger partial charge in [0.1, 0.15) is 0 Å². The minimum absolute atomic E-state index is 0.203. The average molecular weight is 374 g/mol. The first-order valence-corrected chi connectivity index (χ1v) is 11.4. The molecule has 3 saturated heterocycles. The molecule has 0 N–H and O–H groups in total. The molecule has 0 spiro atoms.